The van der Waals surface area contributed by atoms with Crippen LogP contribution in [0.15, 0.2) is 72.0 Å². The summed E-state index contributed by atoms with van der Waals surface area (Å²) in [7, 11) is 0. The molecule has 0 radical (unpaired) electrons. The monoisotopic (exact) mass is 392 g/mol. The van der Waals surface area contributed by atoms with Crippen molar-refractivity contribution in [3.8, 4) is 0 Å². The van der Waals surface area contributed by atoms with E-state index in [4.69, 9.17) is 11.6 Å². The van der Waals surface area contributed by atoms with Crippen molar-refractivity contribution >= 4 is 35.3 Å². The van der Waals surface area contributed by atoms with Crippen molar-refractivity contribution in [1.82, 2.24) is 10.4 Å². The van der Waals surface area contributed by atoms with Crippen LogP contribution in [0.5, 0.6) is 0 Å². The first-order valence-electron chi connectivity index (χ1n) is 8.45. The number of aryl methyl sites for hydroxylation is 1. The van der Waals surface area contributed by atoms with Crippen LogP contribution in [0.1, 0.15) is 32.0 Å². The van der Waals surface area contributed by atoms with Gasteiger partial charge in [0, 0.05) is 11.2 Å². The highest BCUT2D eigenvalue weighted by Crippen LogP contribution is 2.21. The Morgan fingerprint density at radius 1 is 1.04 bits per heavy atom. The molecule has 0 unspecified atom stereocenters. The molecule has 3 rings (SSSR count). The molecular formula is C21H17ClN4O2. The Bertz CT molecular complexity index is 1040. The first-order chi connectivity index (χ1) is 13.5. The zero-order valence-electron chi connectivity index (χ0n) is 15.0. The molecule has 0 saturated carbocycles. The predicted molar refractivity (Wildman–Crippen MR) is 110 cm³/mol. The van der Waals surface area contributed by atoms with Crippen LogP contribution in [0.3, 0.4) is 0 Å². The van der Waals surface area contributed by atoms with Gasteiger partial charge in [-0.05, 0) is 42.8 Å². The average Bonchev–Trinajstić information content (AvgIpc) is 2.70. The van der Waals surface area contributed by atoms with Gasteiger partial charge in [-0.1, -0.05) is 47.5 Å². The lowest BCUT2D eigenvalue weighted by Gasteiger charge is -2.10. The van der Waals surface area contributed by atoms with Crippen LogP contribution in [0, 0.1) is 6.92 Å². The summed E-state index contributed by atoms with van der Waals surface area (Å²) in [6.07, 6.45) is 3.06. The molecule has 6 nitrogen and oxygen atoms in total. The number of nitrogens with zero attached hydrogens (tertiary/aromatic N) is 2. The summed E-state index contributed by atoms with van der Waals surface area (Å²) in [6.45, 7) is 1.97. The van der Waals surface area contributed by atoms with Gasteiger partial charge < -0.3 is 5.32 Å². The number of benzene rings is 2. The van der Waals surface area contributed by atoms with Gasteiger partial charge in [-0.2, -0.15) is 5.10 Å². The fourth-order valence-electron chi connectivity index (χ4n) is 2.47. The molecule has 0 saturated heterocycles. The second kappa shape index (κ2) is 8.92. The molecule has 0 spiro atoms. The highest BCUT2D eigenvalue weighted by molar-refractivity contribution is 6.31. The number of hydrogen-bond donors (Lipinski definition) is 2. The van der Waals surface area contributed by atoms with Gasteiger partial charge in [0.25, 0.3) is 11.8 Å². The third kappa shape index (κ3) is 5.02. The van der Waals surface area contributed by atoms with Crippen LogP contribution in [0.25, 0.3) is 0 Å². The topological polar surface area (TPSA) is 83.5 Å². The molecular weight excluding hydrogens is 376 g/mol. The summed E-state index contributed by atoms with van der Waals surface area (Å²) in [6, 6.07) is 17.3. The molecule has 140 valence electrons. The van der Waals surface area contributed by atoms with E-state index < -0.39 is 11.8 Å². The van der Waals surface area contributed by atoms with Gasteiger partial charge in [-0.15, -0.1) is 0 Å². The number of anilines is 1. The average molecular weight is 393 g/mol. The van der Waals surface area contributed by atoms with E-state index in [0.29, 0.717) is 10.7 Å². The van der Waals surface area contributed by atoms with Gasteiger partial charge in [-0.3, -0.25) is 14.6 Å². The molecule has 28 heavy (non-hydrogen) atoms. The minimum atomic E-state index is -0.497. The van der Waals surface area contributed by atoms with Crippen molar-refractivity contribution in [1.29, 1.82) is 0 Å². The van der Waals surface area contributed by atoms with Crippen LogP contribution < -0.4 is 10.7 Å². The zero-order chi connectivity index (χ0) is 19.9. The maximum absolute atomic E-state index is 12.5. The Morgan fingerprint density at radius 2 is 1.89 bits per heavy atom. The molecule has 0 aliphatic carbocycles. The number of hydrogen-bond acceptors (Lipinski definition) is 4. The van der Waals surface area contributed by atoms with E-state index in [1.807, 2.05) is 31.2 Å². The number of rotatable bonds is 5. The lowest BCUT2D eigenvalue weighted by Crippen LogP contribution is -2.21. The van der Waals surface area contributed by atoms with Crippen molar-refractivity contribution in [2.45, 2.75) is 6.92 Å². The van der Waals surface area contributed by atoms with Gasteiger partial charge >= 0.3 is 0 Å². The Hall–Kier alpha value is -3.51. The highest BCUT2D eigenvalue weighted by Gasteiger charge is 2.15. The van der Waals surface area contributed by atoms with E-state index in [9.17, 15) is 9.59 Å². The van der Waals surface area contributed by atoms with Crippen molar-refractivity contribution in [2.24, 2.45) is 5.10 Å². The molecule has 0 atom stereocenters. The number of aromatic nitrogens is 1. The van der Waals surface area contributed by atoms with Crippen LogP contribution in [0.4, 0.5) is 5.69 Å². The SMILES string of the molecule is Cc1cccc(/C=N/NC(=O)c2cc(Cl)ccc2NC(=O)c2ccccn2)c1. The molecule has 0 aliphatic rings. The van der Waals surface area contributed by atoms with Crippen LogP contribution in [0.2, 0.25) is 5.02 Å². The van der Waals surface area contributed by atoms with Crippen LogP contribution in [-0.2, 0) is 0 Å². The Kier molecular flexibility index (Phi) is 6.14. The summed E-state index contributed by atoms with van der Waals surface area (Å²) in [5, 5.41) is 7.02. The van der Waals surface area contributed by atoms with Crippen molar-refractivity contribution in [3.63, 3.8) is 0 Å². The molecule has 2 aromatic carbocycles. The van der Waals surface area contributed by atoms with E-state index in [0.717, 1.165) is 11.1 Å². The quantitative estimate of drug-likeness (QED) is 0.507. The summed E-state index contributed by atoms with van der Waals surface area (Å²) in [5.74, 6) is -0.928. The molecule has 0 bridgehead atoms. The first-order valence-corrected chi connectivity index (χ1v) is 8.83. The van der Waals surface area contributed by atoms with E-state index in [-0.39, 0.29) is 11.3 Å². The maximum Gasteiger partial charge on any atom is 0.274 e. The molecule has 1 heterocycles. The number of carbonyl (C=O) groups excluding carboxylic acids is 2. The highest BCUT2D eigenvalue weighted by atomic mass is 35.5. The second-order valence-corrected chi connectivity index (χ2v) is 6.41. The number of hydrazone groups is 1. The standard InChI is InChI=1S/C21H17ClN4O2/c1-14-5-4-6-15(11-14)13-24-26-20(27)17-12-16(22)8-9-18(17)25-21(28)19-7-2-3-10-23-19/h2-13H,1H3,(H,25,28)(H,26,27)/b24-13+. The Balaban J connectivity index is 1.76. The first kappa shape index (κ1) is 19.3. The van der Waals surface area contributed by atoms with Gasteiger partial charge in [0.05, 0.1) is 17.5 Å². The van der Waals surface area contributed by atoms with Crippen LogP contribution in [-0.4, -0.2) is 23.0 Å². The molecule has 7 heteroatoms. The van der Waals surface area contributed by atoms with Gasteiger partial charge in [0.15, 0.2) is 0 Å². The minimum absolute atomic E-state index is 0.193. The van der Waals surface area contributed by atoms with E-state index in [1.54, 1.807) is 36.5 Å². The summed E-state index contributed by atoms with van der Waals surface area (Å²) >= 11 is 6.02. The third-order valence-corrected chi connectivity index (χ3v) is 4.03. The Morgan fingerprint density at radius 3 is 2.64 bits per heavy atom. The van der Waals surface area contributed by atoms with E-state index in [1.165, 1.54) is 12.3 Å². The minimum Gasteiger partial charge on any atom is -0.320 e. The molecule has 0 fully saturated rings. The van der Waals surface area contributed by atoms with Gasteiger partial charge in [0.2, 0.25) is 0 Å². The number of nitrogens with one attached hydrogen (secondary N) is 2. The number of pyridine rings is 1. The second-order valence-electron chi connectivity index (χ2n) is 5.97. The number of carbonyl (C=O) groups is 2. The largest absolute Gasteiger partial charge is 0.320 e. The fourth-order valence-corrected chi connectivity index (χ4v) is 2.64. The lowest BCUT2D eigenvalue weighted by molar-refractivity contribution is 0.0956. The summed E-state index contributed by atoms with van der Waals surface area (Å²) in [5.41, 5.74) is 5.14. The van der Waals surface area contributed by atoms with Crippen molar-refractivity contribution < 1.29 is 9.59 Å². The Labute approximate surface area is 167 Å². The van der Waals surface area contributed by atoms with E-state index >= 15 is 0 Å². The summed E-state index contributed by atoms with van der Waals surface area (Å²) < 4.78 is 0. The fraction of sp³-hybridized carbons (Fsp3) is 0.0476. The number of amides is 2. The van der Waals surface area contributed by atoms with Crippen LogP contribution >= 0.6 is 11.6 Å². The van der Waals surface area contributed by atoms with Crippen molar-refractivity contribution in [3.05, 3.63) is 94.3 Å². The molecule has 0 aliphatic heterocycles. The zero-order valence-corrected chi connectivity index (χ0v) is 15.8. The normalized spacial score (nSPS) is 10.6. The number of halogens is 1. The molecule has 3 aromatic rings. The van der Waals surface area contributed by atoms with E-state index in [2.05, 4.69) is 20.8 Å². The van der Waals surface area contributed by atoms with Gasteiger partial charge in [0.1, 0.15) is 5.69 Å². The molecule has 2 N–H and O–H groups in total. The smallest absolute Gasteiger partial charge is 0.274 e. The van der Waals surface area contributed by atoms with Crippen molar-refractivity contribution in [2.75, 3.05) is 5.32 Å². The third-order valence-electron chi connectivity index (χ3n) is 3.79. The predicted octanol–water partition coefficient (Wildman–Crippen LogP) is 4.06. The summed E-state index contributed by atoms with van der Waals surface area (Å²) in [4.78, 5) is 28.9. The van der Waals surface area contributed by atoms with Gasteiger partial charge in [-0.25, -0.2) is 5.43 Å². The molecule has 2 amide bonds. The maximum atomic E-state index is 12.5. The lowest BCUT2D eigenvalue weighted by atomic mass is 10.1. The molecule has 1 aromatic heterocycles.